The molecule has 0 unspecified atom stereocenters. The number of halogens is 5. The van der Waals surface area contributed by atoms with E-state index in [-0.39, 0.29) is 25.0 Å². The number of ether oxygens (including phenoxy) is 4. The normalized spacial score (nSPS) is 9.83. The van der Waals surface area contributed by atoms with Crippen LogP contribution in [0.4, 0.5) is 22.0 Å². The van der Waals surface area contributed by atoms with Crippen LogP contribution in [0, 0.1) is 11.6 Å². The van der Waals surface area contributed by atoms with Gasteiger partial charge >= 0.3 is 18.1 Å². The molecule has 0 saturated carbocycles. The van der Waals surface area contributed by atoms with E-state index in [0.717, 1.165) is 35.9 Å². The highest BCUT2D eigenvalue weighted by atomic mass is 19.4. The highest BCUT2D eigenvalue weighted by molar-refractivity contribution is 5.81. The fourth-order valence-electron chi connectivity index (χ4n) is 2.61. The van der Waals surface area contributed by atoms with Crippen LogP contribution >= 0.6 is 0 Å². The zero-order valence-electron chi connectivity index (χ0n) is 22.2. The van der Waals surface area contributed by atoms with E-state index in [2.05, 4.69) is 35.8 Å². The predicted octanol–water partition coefficient (Wildman–Crippen LogP) is 7.77. The van der Waals surface area contributed by atoms with E-state index in [1.165, 1.54) is 24.3 Å². The highest BCUT2D eigenvalue weighted by Crippen LogP contribution is 2.32. The van der Waals surface area contributed by atoms with Gasteiger partial charge in [-0.2, -0.15) is 13.2 Å². The molecule has 222 valence electrons. The minimum absolute atomic E-state index is 0.113. The second-order valence-electron chi connectivity index (χ2n) is 7.52. The van der Waals surface area contributed by atoms with Gasteiger partial charge in [0.25, 0.3) is 0 Å². The number of hydrogen-bond donors (Lipinski definition) is 0. The Bertz CT molecular complexity index is 1330. The van der Waals surface area contributed by atoms with Crippen LogP contribution in [0.2, 0.25) is 0 Å². The lowest BCUT2D eigenvalue weighted by Crippen LogP contribution is -2.07. The van der Waals surface area contributed by atoms with E-state index in [1.807, 2.05) is 12.1 Å². The van der Waals surface area contributed by atoms with Gasteiger partial charge in [0.1, 0.15) is 23.1 Å². The van der Waals surface area contributed by atoms with Gasteiger partial charge in [0.2, 0.25) is 13.6 Å². The molecule has 11 heteroatoms. The van der Waals surface area contributed by atoms with Crippen molar-refractivity contribution in [2.75, 3.05) is 13.6 Å². The third-order valence-corrected chi connectivity index (χ3v) is 4.66. The van der Waals surface area contributed by atoms with Crippen molar-refractivity contribution in [2.45, 2.75) is 6.18 Å². The number of benzene rings is 3. The summed E-state index contributed by atoms with van der Waals surface area (Å²) in [5.41, 5.74) is -0.109. The van der Waals surface area contributed by atoms with Crippen LogP contribution in [0.15, 0.2) is 105 Å². The summed E-state index contributed by atoms with van der Waals surface area (Å²) in [6.45, 7) is 13.0. The van der Waals surface area contributed by atoms with Gasteiger partial charge in [-0.25, -0.2) is 18.4 Å². The van der Waals surface area contributed by atoms with Crippen molar-refractivity contribution in [3.8, 4) is 11.5 Å². The van der Waals surface area contributed by atoms with Gasteiger partial charge in [0.15, 0.2) is 0 Å². The summed E-state index contributed by atoms with van der Waals surface area (Å²) < 4.78 is 80.9. The fourth-order valence-corrected chi connectivity index (χ4v) is 2.61. The maximum absolute atomic E-state index is 12.5. The van der Waals surface area contributed by atoms with Gasteiger partial charge in [-0.3, -0.25) is 0 Å². The molecule has 0 fully saturated rings. The molecule has 42 heavy (non-hydrogen) atoms. The maximum atomic E-state index is 12.5. The first-order valence-electron chi connectivity index (χ1n) is 11.7. The van der Waals surface area contributed by atoms with E-state index in [9.17, 15) is 31.5 Å². The van der Waals surface area contributed by atoms with Crippen LogP contribution in [0.3, 0.4) is 0 Å². The third-order valence-electron chi connectivity index (χ3n) is 4.66. The van der Waals surface area contributed by atoms with E-state index < -0.39 is 29.5 Å². The molecule has 6 nitrogen and oxygen atoms in total. The number of alkyl halides is 3. The molecule has 3 rings (SSSR count). The van der Waals surface area contributed by atoms with Gasteiger partial charge in [-0.1, -0.05) is 56.7 Å². The second kappa shape index (κ2) is 18.2. The van der Waals surface area contributed by atoms with Gasteiger partial charge in [0.05, 0.1) is 5.56 Å². The molecular formula is C31H27F5O6. The van der Waals surface area contributed by atoms with Crippen molar-refractivity contribution in [3.05, 3.63) is 134 Å². The summed E-state index contributed by atoms with van der Waals surface area (Å²) in [5.74, 6) is -1.25. The highest BCUT2D eigenvalue weighted by Gasteiger charge is 2.32. The average Bonchev–Trinajstić information content (AvgIpc) is 2.98. The van der Waals surface area contributed by atoms with Crippen LogP contribution in [-0.2, 0) is 25.2 Å². The summed E-state index contributed by atoms with van der Waals surface area (Å²) in [5, 5.41) is 0. The smallest absolute Gasteiger partial charge is 0.417 e. The lowest BCUT2D eigenvalue weighted by atomic mass is 10.1. The van der Waals surface area contributed by atoms with Crippen molar-refractivity contribution in [3.63, 3.8) is 0 Å². The Labute approximate surface area is 239 Å². The molecule has 0 bridgehead atoms. The van der Waals surface area contributed by atoms with Crippen molar-refractivity contribution in [1.29, 1.82) is 0 Å². The molecule has 0 saturated heterocycles. The first-order chi connectivity index (χ1) is 19.9. The van der Waals surface area contributed by atoms with E-state index >= 15 is 0 Å². The topological polar surface area (TPSA) is 71.1 Å². The lowest BCUT2D eigenvalue weighted by Gasteiger charge is -2.09. The molecule has 0 aliphatic rings. The number of carbonyl (C=O) groups excluding carboxylic acids is 2. The minimum Gasteiger partial charge on any atom is -0.457 e. The minimum atomic E-state index is -4.54. The molecule has 0 aromatic heterocycles. The first-order valence-corrected chi connectivity index (χ1v) is 11.7. The largest absolute Gasteiger partial charge is 0.457 e. The Kier molecular flexibility index (Phi) is 15.1. The fraction of sp³-hybridized carbons (Fsp3) is 0.0968. The summed E-state index contributed by atoms with van der Waals surface area (Å²) in [7, 11) is 0. The summed E-state index contributed by atoms with van der Waals surface area (Å²) in [4.78, 5) is 21.2. The van der Waals surface area contributed by atoms with Gasteiger partial charge in [0, 0.05) is 12.2 Å². The van der Waals surface area contributed by atoms with Crippen LogP contribution in [0.1, 0.15) is 16.7 Å². The van der Waals surface area contributed by atoms with Crippen LogP contribution in [0.25, 0.3) is 12.2 Å². The standard InChI is InChI=1S/C12H12O3.C10H9FO3.C9H6F4/c1-3-10-5-7-11(8-6-10)14-9-15-12(13)4-2;1-2-10(12)14-7-13-9-5-3-8(11)4-6-9;1-2-6-3-4-7(10)5-8(6)9(11,12)13/h3-8H,1-2,9H2;2-6H,1,7H2;2-5H,1H2. The van der Waals surface area contributed by atoms with Gasteiger partial charge in [-0.05, 0) is 59.7 Å². The second-order valence-corrected chi connectivity index (χ2v) is 7.52. The molecule has 0 spiro atoms. The first kappa shape index (κ1) is 34.8. The van der Waals surface area contributed by atoms with Crippen LogP contribution < -0.4 is 9.47 Å². The van der Waals surface area contributed by atoms with Crippen molar-refractivity contribution in [2.24, 2.45) is 0 Å². The van der Waals surface area contributed by atoms with Gasteiger partial charge < -0.3 is 18.9 Å². The molecular weight excluding hydrogens is 563 g/mol. The van der Waals surface area contributed by atoms with Crippen LogP contribution in [0.5, 0.6) is 11.5 Å². The molecule has 3 aromatic rings. The Hall–Kier alpha value is -5.19. The number of hydrogen-bond acceptors (Lipinski definition) is 6. The zero-order valence-corrected chi connectivity index (χ0v) is 22.2. The van der Waals surface area contributed by atoms with Crippen molar-refractivity contribution < 1.29 is 50.5 Å². The number of carbonyl (C=O) groups is 2. The Morgan fingerprint density at radius 1 is 0.667 bits per heavy atom. The Balaban J connectivity index is 0.000000316. The van der Waals surface area contributed by atoms with Crippen molar-refractivity contribution in [1.82, 2.24) is 0 Å². The third kappa shape index (κ3) is 13.7. The quantitative estimate of drug-likeness (QED) is 0.104. The van der Waals surface area contributed by atoms with Gasteiger partial charge in [-0.15, -0.1) is 0 Å². The molecule has 3 aromatic carbocycles. The maximum Gasteiger partial charge on any atom is 0.417 e. The van der Waals surface area contributed by atoms with E-state index in [0.29, 0.717) is 17.6 Å². The SMILES string of the molecule is C=CC(=O)OCOc1ccc(C=C)cc1.C=CC(=O)OCOc1ccc(F)cc1.C=Cc1ccc(F)cc1C(F)(F)F. The molecule has 0 N–H and O–H groups in total. The Morgan fingerprint density at radius 3 is 1.52 bits per heavy atom. The molecule has 0 aliphatic carbocycles. The van der Waals surface area contributed by atoms with E-state index in [4.69, 9.17) is 9.47 Å². The predicted molar refractivity (Wildman–Crippen MR) is 148 cm³/mol. The lowest BCUT2D eigenvalue weighted by molar-refractivity contribution is -0.145. The molecule has 0 aliphatic heterocycles. The van der Waals surface area contributed by atoms with E-state index in [1.54, 1.807) is 18.2 Å². The number of esters is 2. The average molecular weight is 591 g/mol. The monoisotopic (exact) mass is 590 g/mol. The molecule has 0 amide bonds. The van der Waals surface area contributed by atoms with Crippen molar-refractivity contribution >= 4 is 24.1 Å². The number of rotatable bonds is 10. The summed E-state index contributed by atoms with van der Waals surface area (Å²) in [6.07, 6.45) is 0.369. The molecule has 0 atom stereocenters. The Morgan fingerprint density at radius 2 is 1.12 bits per heavy atom. The molecule has 0 heterocycles. The van der Waals surface area contributed by atoms with Crippen LogP contribution in [-0.4, -0.2) is 25.5 Å². The summed E-state index contributed by atoms with van der Waals surface area (Å²) in [6, 6.07) is 15.1. The molecule has 0 radical (unpaired) electrons. The zero-order chi connectivity index (χ0) is 31.5. The summed E-state index contributed by atoms with van der Waals surface area (Å²) >= 11 is 0.